The average Bonchev–Trinajstić information content (AvgIpc) is 2.96. The smallest absolute Gasteiger partial charge is 0.246 e. The van der Waals surface area contributed by atoms with E-state index in [1.54, 1.807) is 0 Å². The molecule has 6 heteroatoms. The molecule has 3 rings (SSSR count). The first kappa shape index (κ1) is 16.3. The molecule has 0 radical (unpaired) electrons. The first-order chi connectivity index (χ1) is 11.2. The van der Waals surface area contributed by atoms with Gasteiger partial charge in [0.15, 0.2) is 0 Å². The van der Waals surface area contributed by atoms with Gasteiger partial charge in [0.2, 0.25) is 5.91 Å². The van der Waals surface area contributed by atoms with Crippen LogP contribution in [0.1, 0.15) is 25.0 Å². The second kappa shape index (κ2) is 7.81. The van der Waals surface area contributed by atoms with Gasteiger partial charge < -0.3 is 19.8 Å². The summed E-state index contributed by atoms with van der Waals surface area (Å²) in [7, 11) is 0. The molecular weight excluding hydrogens is 316 g/mol. The Balaban J connectivity index is 1.40. The van der Waals surface area contributed by atoms with Crippen molar-refractivity contribution in [2.45, 2.75) is 31.9 Å². The number of aromatic nitrogens is 1. The molecule has 1 saturated heterocycles. The molecule has 5 nitrogen and oxygen atoms in total. The van der Waals surface area contributed by atoms with Gasteiger partial charge in [0.25, 0.3) is 0 Å². The quantitative estimate of drug-likeness (QED) is 0.852. The van der Waals surface area contributed by atoms with Gasteiger partial charge in [-0.2, -0.15) is 0 Å². The van der Waals surface area contributed by atoms with Crippen LogP contribution in [0.25, 0.3) is 10.9 Å². The molecule has 0 bridgehead atoms. The lowest BCUT2D eigenvalue weighted by molar-refractivity contribution is -0.128. The van der Waals surface area contributed by atoms with E-state index in [-0.39, 0.29) is 18.6 Å². The molecule has 2 aromatic rings. The van der Waals surface area contributed by atoms with E-state index in [9.17, 15) is 4.79 Å². The highest BCUT2D eigenvalue weighted by molar-refractivity contribution is 6.31. The monoisotopic (exact) mass is 336 g/mol. The van der Waals surface area contributed by atoms with Gasteiger partial charge in [-0.15, -0.1) is 0 Å². The predicted molar refractivity (Wildman–Crippen MR) is 89.6 cm³/mol. The summed E-state index contributed by atoms with van der Waals surface area (Å²) < 4.78 is 11.0. The molecule has 124 valence electrons. The summed E-state index contributed by atoms with van der Waals surface area (Å²) in [6.45, 7) is 1.78. The zero-order valence-electron chi connectivity index (χ0n) is 12.9. The van der Waals surface area contributed by atoms with Crippen LogP contribution in [-0.4, -0.2) is 36.8 Å². The van der Waals surface area contributed by atoms with Gasteiger partial charge in [-0.1, -0.05) is 11.6 Å². The van der Waals surface area contributed by atoms with Crippen molar-refractivity contribution in [3.8, 4) is 0 Å². The van der Waals surface area contributed by atoms with E-state index in [4.69, 9.17) is 21.1 Å². The highest BCUT2D eigenvalue weighted by Crippen LogP contribution is 2.20. The van der Waals surface area contributed by atoms with Crippen LogP contribution < -0.4 is 5.32 Å². The minimum absolute atomic E-state index is 0.0614. The van der Waals surface area contributed by atoms with Gasteiger partial charge in [-0.25, -0.2) is 0 Å². The maximum absolute atomic E-state index is 11.8. The molecule has 1 aromatic heterocycles. The predicted octanol–water partition coefficient (Wildman–Crippen LogP) is 3.02. The number of amides is 1. The number of halogens is 1. The van der Waals surface area contributed by atoms with Crippen molar-refractivity contribution in [2.24, 2.45) is 0 Å². The van der Waals surface area contributed by atoms with E-state index in [1.165, 1.54) is 6.42 Å². The van der Waals surface area contributed by atoms with Gasteiger partial charge >= 0.3 is 0 Å². The zero-order chi connectivity index (χ0) is 16.1. The second-order valence-corrected chi connectivity index (χ2v) is 6.24. The molecule has 2 N–H and O–H groups in total. The van der Waals surface area contributed by atoms with E-state index in [2.05, 4.69) is 10.3 Å². The zero-order valence-corrected chi connectivity index (χ0v) is 13.7. The van der Waals surface area contributed by atoms with Crippen molar-refractivity contribution in [1.82, 2.24) is 10.3 Å². The summed E-state index contributed by atoms with van der Waals surface area (Å²) in [5, 5.41) is 4.58. The minimum atomic E-state index is -0.127. The van der Waals surface area contributed by atoms with E-state index in [1.807, 2.05) is 24.3 Å². The molecule has 0 saturated carbocycles. The Morgan fingerprint density at radius 2 is 2.30 bits per heavy atom. The standard InChI is InChI=1S/C17H21ClN2O3/c18-13-4-5-16-12(7-13)8-14(20-16)9-19-17(21)11-22-10-15-3-1-2-6-23-15/h4-5,7-8,15,20H,1-3,6,9-11H2,(H,19,21)/t15-/m1/s1. The lowest BCUT2D eigenvalue weighted by Crippen LogP contribution is -2.30. The number of rotatable bonds is 6. The van der Waals surface area contributed by atoms with Gasteiger partial charge in [0.05, 0.1) is 19.3 Å². The van der Waals surface area contributed by atoms with Crippen molar-refractivity contribution < 1.29 is 14.3 Å². The third-order valence-electron chi connectivity index (χ3n) is 3.93. The molecule has 1 amide bonds. The molecule has 1 atom stereocenters. The third kappa shape index (κ3) is 4.70. The Bertz CT molecular complexity index is 665. The Labute approximate surface area is 140 Å². The first-order valence-electron chi connectivity index (χ1n) is 7.94. The fourth-order valence-corrected chi connectivity index (χ4v) is 2.91. The highest BCUT2D eigenvalue weighted by Gasteiger charge is 2.14. The first-order valence-corrected chi connectivity index (χ1v) is 8.32. The molecule has 1 aromatic carbocycles. The van der Waals surface area contributed by atoms with Crippen LogP contribution in [0.5, 0.6) is 0 Å². The molecule has 1 aliphatic rings. The van der Waals surface area contributed by atoms with E-state index in [0.29, 0.717) is 18.2 Å². The topological polar surface area (TPSA) is 63.4 Å². The molecule has 2 heterocycles. The maximum atomic E-state index is 11.8. The van der Waals surface area contributed by atoms with E-state index >= 15 is 0 Å². The van der Waals surface area contributed by atoms with Gasteiger partial charge in [-0.05, 0) is 43.5 Å². The fourth-order valence-electron chi connectivity index (χ4n) is 2.73. The molecule has 0 spiro atoms. The summed E-state index contributed by atoms with van der Waals surface area (Å²) in [6.07, 6.45) is 3.44. The molecule has 1 aliphatic heterocycles. The van der Waals surface area contributed by atoms with Crippen molar-refractivity contribution >= 4 is 28.4 Å². The number of carbonyl (C=O) groups is 1. The number of aromatic amines is 1. The molecular formula is C17H21ClN2O3. The lowest BCUT2D eigenvalue weighted by Gasteiger charge is -2.22. The average molecular weight is 337 g/mol. The Morgan fingerprint density at radius 3 is 3.13 bits per heavy atom. The molecule has 23 heavy (non-hydrogen) atoms. The number of nitrogens with one attached hydrogen (secondary N) is 2. The van der Waals surface area contributed by atoms with Crippen molar-refractivity contribution in [3.63, 3.8) is 0 Å². The van der Waals surface area contributed by atoms with E-state index in [0.717, 1.165) is 36.0 Å². The number of ether oxygens (including phenoxy) is 2. The lowest BCUT2D eigenvalue weighted by atomic mass is 10.1. The number of carbonyl (C=O) groups excluding carboxylic acids is 1. The summed E-state index contributed by atoms with van der Waals surface area (Å²) in [5.41, 5.74) is 1.94. The number of hydrogen-bond acceptors (Lipinski definition) is 3. The Morgan fingerprint density at radius 1 is 1.39 bits per heavy atom. The maximum Gasteiger partial charge on any atom is 0.246 e. The molecule has 0 unspecified atom stereocenters. The fraction of sp³-hybridized carbons (Fsp3) is 0.471. The number of H-pyrrole nitrogens is 1. The molecule has 0 aliphatic carbocycles. The van der Waals surface area contributed by atoms with Crippen LogP contribution in [0.3, 0.4) is 0 Å². The summed E-state index contributed by atoms with van der Waals surface area (Å²) in [4.78, 5) is 15.1. The van der Waals surface area contributed by atoms with Crippen LogP contribution in [0.15, 0.2) is 24.3 Å². The van der Waals surface area contributed by atoms with Crippen molar-refractivity contribution in [1.29, 1.82) is 0 Å². The normalized spacial score (nSPS) is 18.2. The van der Waals surface area contributed by atoms with Crippen LogP contribution >= 0.6 is 11.6 Å². The third-order valence-corrected chi connectivity index (χ3v) is 4.16. The Kier molecular flexibility index (Phi) is 5.54. The highest BCUT2D eigenvalue weighted by atomic mass is 35.5. The van der Waals surface area contributed by atoms with Crippen molar-refractivity contribution in [2.75, 3.05) is 19.8 Å². The minimum Gasteiger partial charge on any atom is -0.376 e. The SMILES string of the molecule is O=C(COC[C@H]1CCCCO1)NCc1cc2cc(Cl)ccc2[nH]1. The van der Waals surface area contributed by atoms with Crippen molar-refractivity contribution in [3.05, 3.63) is 35.0 Å². The second-order valence-electron chi connectivity index (χ2n) is 5.81. The number of benzene rings is 1. The van der Waals surface area contributed by atoms with Crippen LogP contribution in [0.4, 0.5) is 0 Å². The van der Waals surface area contributed by atoms with Gasteiger partial charge in [0.1, 0.15) is 6.61 Å². The van der Waals surface area contributed by atoms with Gasteiger partial charge in [-0.3, -0.25) is 4.79 Å². The number of hydrogen-bond donors (Lipinski definition) is 2. The largest absolute Gasteiger partial charge is 0.376 e. The summed E-state index contributed by atoms with van der Waals surface area (Å²) >= 11 is 5.97. The van der Waals surface area contributed by atoms with Crippen LogP contribution in [-0.2, 0) is 20.8 Å². The summed E-state index contributed by atoms with van der Waals surface area (Å²) in [5.74, 6) is -0.127. The molecule has 1 fully saturated rings. The van der Waals surface area contributed by atoms with Gasteiger partial charge in [0, 0.05) is 28.2 Å². The van der Waals surface area contributed by atoms with E-state index < -0.39 is 0 Å². The number of fused-ring (bicyclic) bond motifs is 1. The van der Waals surface area contributed by atoms with Crippen LogP contribution in [0, 0.1) is 0 Å². The Hall–Kier alpha value is -1.56. The summed E-state index contributed by atoms with van der Waals surface area (Å²) in [6, 6.07) is 7.64. The van der Waals surface area contributed by atoms with Crippen LogP contribution in [0.2, 0.25) is 5.02 Å².